The van der Waals surface area contributed by atoms with Crippen LogP contribution >= 0.6 is 11.8 Å². The number of piperidine rings is 1. The molecule has 2 aliphatic rings. The van der Waals surface area contributed by atoms with Crippen molar-refractivity contribution in [3.63, 3.8) is 0 Å². The van der Waals surface area contributed by atoms with Crippen molar-refractivity contribution in [2.24, 2.45) is 5.92 Å². The van der Waals surface area contributed by atoms with E-state index in [0.29, 0.717) is 5.75 Å². The van der Waals surface area contributed by atoms with E-state index in [1.54, 1.807) is 18.9 Å². The van der Waals surface area contributed by atoms with Crippen LogP contribution in [0.5, 0.6) is 5.75 Å². The number of para-hydroxylation sites is 1. The number of hydrogen-bond acceptors (Lipinski definition) is 8. The van der Waals surface area contributed by atoms with Crippen LogP contribution in [0.2, 0.25) is 0 Å². The van der Waals surface area contributed by atoms with Crippen LogP contribution in [0.4, 0.5) is 5.95 Å². The van der Waals surface area contributed by atoms with Crippen molar-refractivity contribution in [3.8, 4) is 17.0 Å². The molecular formula is C24H31N5O3S. The molecule has 4 heterocycles. The highest BCUT2D eigenvalue weighted by Gasteiger charge is 2.26. The zero-order chi connectivity index (χ0) is 22.6. The van der Waals surface area contributed by atoms with Gasteiger partial charge in [-0.25, -0.2) is 0 Å². The molecule has 9 heteroatoms. The molecule has 0 amide bonds. The normalized spacial score (nSPS) is 19.3. The van der Waals surface area contributed by atoms with Crippen molar-refractivity contribution in [1.29, 1.82) is 0 Å². The molecule has 0 N–H and O–H groups in total. The predicted octanol–water partition coefficient (Wildman–Crippen LogP) is 4.65. The van der Waals surface area contributed by atoms with Crippen LogP contribution in [0, 0.1) is 5.92 Å². The molecule has 0 saturated carbocycles. The second kappa shape index (κ2) is 10.2. The zero-order valence-corrected chi connectivity index (χ0v) is 20.1. The van der Waals surface area contributed by atoms with Crippen LogP contribution in [0.3, 0.4) is 0 Å². The third kappa shape index (κ3) is 5.04. The third-order valence-corrected chi connectivity index (χ3v) is 7.45. The highest BCUT2D eigenvalue weighted by Crippen LogP contribution is 2.32. The van der Waals surface area contributed by atoms with Gasteiger partial charge in [0.25, 0.3) is 0 Å². The number of rotatable bonds is 8. The van der Waals surface area contributed by atoms with Gasteiger partial charge in [-0.15, -0.1) is 10.2 Å². The number of ether oxygens (including phenoxy) is 2. The summed E-state index contributed by atoms with van der Waals surface area (Å²) in [5, 5.41) is 14.3. The van der Waals surface area contributed by atoms with Crippen molar-refractivity contribution < 1.29 is 14.0 Å². The zero-order valence-electron chi connectivity index (χ0n) is 19.3. The van der Waals surface area contributed by atoms with Crippen LogP contribution in [-0.4, -0.2) is 52.8 Å². The summed E-state index contributed by atoms with van der Waals surface area (Å²) in [5.41, 5.74) is 1.69. The molecule has 0 spiro atoms. The topological polar surface area (TPSA) is 78.4 Å². The highest BCUT2D eigenvalue weighted by molar-refractivity contribution is 7.98. The number of nitrogens with zero attached hydrogens (tertiary/aromatic N) is 5. The molecule has 5 rings (SSSR count). The lowest BCUT2D eigenvalue weighted by atomic mass is 10.00. The van der Waals surface area contributed by atoms with Gasteiger partial charge < -0.3 is 18.9 Å². The first-order valence-electron chi connectivity index (χ1n) is 11.7. The number of benzene rings is 1. The quantitative estimate of drug-likeness (QED) is 0.441. The molecule has 2 aromatic heterocycles. The first-order valence-corrected chi connectivity index (χ1v) is 12.7. The summed E-state index contributed by atoms with van der Waals surface area (Å²) < 4.78 is 19.3. The van der Waals surface area contributed by atoms with Crippen molar-refractivity contribution in [2.75, 3.05) is 31.7 Å². The molecule has 2 aliphatic heterocycles. The molecule has 33 heavy (non-hydrogen) atoms. The van der Waals surface area contributed by atoms with Crippen LogP contribution in [0.15, 0.2) is 40.0 Å². The second-order valence-corrected chi connectivity index (χ2v) is 9.81. The Morgan fingerprint density at radius 1 is 1.15 bits per heavy atom. The molecule has 3 aromatic rings. The molecule has 0 radical (unpaired) electrons. The SMILES string of the molecule is COc1ccccc1-c1cc(CSc2nnc(N3CCC(C)CC3)n2C[C@H]2CCCO2)on1. The summed E-state index contributed by atoms with van der Waals surface area (Å²) >= 11 is 1.63. The van der Waals surface area contributed by atoms with E-state index in [9.17, 15) is 0 Å². The molecule has 0 unspecified atom stereocenters. The molecule has 0 bridgehead atoms. The summed E-state index contributed by atoms with van der Waals surface area (Å²) in [5.74, 6) is 3.94. The fraction of sp³-hybridized carbons (Fsp3) is 0.542. The monoisotopic (exact) mass is 469 g/mol. The summed E-state index contributed by atoms with van der Waals surface area (Å²) in [6.07, 6.45) is 4.82. The Bertz CT molecular complexity index is 1050. The molecule has 0 aliphatic carbocycles. The first-order chi connectivity index (χ1) is 16.2. The van der Waals surface area contributed by atoms with Gasteiger partial charge in [0.1, 0.15) is 17.2 Å². The van der Waals surface area contributed by atoms with Gasteiger partial charge in [-0.3, -0.25) is 4.57 Å². The number of aromatic nitrogens is 4. The van der Waals surface area contributed by atoms with Gasteiger partial charge in [0.2, 0.25) is 5.95 Å². The van der Waals surface area contributed by atoms with Crippen LogP contribution in [-0.2, 0) is 17.0 Å². The first kappa shape index (κ1) is 22.3. The largest absolute Gasteiger partial charge is 0.496 e. The number of hydrogen-bond donors (Lipinski definition) is 0. The predicted molar refractivity (Wildman–Crippen MR) is 128 cm³/mol. The molecule has 2 fully saturated rings. The van der Waals surface area contributed by atoms with E-state index in [-0.39, 0.29) is 6.10 Å². The Labute approximate surface area is 198 Å². The van der Waals surface area contributed by atoms with Crippen molar-refractivity contribution in [1.82, 2.24) is 19.9 Å². The minimum absolute atomic E-state index is 0.227. The minimum atomic E-state index is 0.227. The van der Waals surface area contributed by atoms with Crippen LogP contribution < -0.4 is 9.64 Å². The van der Waals surface area contributed by atoms with Crippen molar-refractivity contribution in [2.45, 2.75) is 56.2 Å². The summed E-state index contributed by atoms with van der Waals surface area (Å²) in [6.45, 7) is 6.02. The second-order valence-electron chi connectivity index (χ2n) is 8.87. The van der Waals surface area contributed by atoms with Gasteiger partial charge >= 0.3 is 0 Å². The lowest BCUT2D eigenvalue weighted by Gasteiger charge is -2.31. The van der Waals surface area contributed by atoms with Gasteiger partial charge in [0.15, 0.2) is 5.16 Å². The summed E-state index contributed by atoms with van der Waals surface area (Å²) in [7, 11) is 1.66. The van der Waals surface area contributed by atoms with Gasteiger partial charge in [-0.1, -0.05) is 36.0 Å². The van der Waals surface area contributed by atoms with E-state index in [0.717, 1.165) is 78.9 Å². The molecule has 176 valence electrons. The van der Waals surface area contributed by atoms with Crippen LogP contribution in [0.1, 0.15) is 38.4 Å². The van der Waals surface area contributed by atoms with E-state index in [4.69, 9.17) is 14.0 Å². The smallest absolute Gasteiger partial charge is 0.228 e. The average Bonchev–Trinajstić information content (AvgIpc) is 3.60. The maximum Gasteiger partial charge on any atom is 0.228 e. The molecule has 1 aromatic carbocycles. The van der Waals surface area contributed by atoms with E-state index in [1.165, 1.54) is 12.8 Å². The summed E-state index contributed by atoms with van der Waals surface area (Å²) in [4.78, 5) is 2.38. The van der Waals surface area contributed by atoms with Crippen molar-refractivity contribution in [3.05, 3.63) is 36.1 Å². The maximum absolute atomic E-state index is 5.93. The number of thioether (sulfide) groups is 1. The minimum Gasteiger partial charge on any atom is -0.496 e. The van der Waals surface area contributed by atoms with Gasteiger partial charge in [0.05, 0.1) is 25.5 Å². The van der Waals surface area contributed by atoms with E-state index in [2.05, 4.69) is 31.7 Å². The highest BCUT2D eigenvalue weighted by atomic mass is 32.2. The molecule has 1 atom stereocenters. The fourth-order valence-corrected chi connectivity index (χ4v) is 5.30. The lowest BCUT2D eigenvalue weighted by Crippen LogP contribution is -2.35. The third-order valence-electron chi connectivity index (χ3n) is 6.46. The van der Waals surface area contributed by atoms with E-state index >= 15 is 0 Å². The van der Waals surface area contributed by atoms with Gasteiger partial charge in [-0.05, 0) is 43.7 Å². The maximum atomic E-state index is 5.93. The van der Waals surface area contributed by atoms with E-state index < -0.39 is 0 Å². The number of anilines is 1. The fourth-order valence-electron chi connectivity index (χ4n) is 4.48. The molecular weight excluding hydrogens is 438 g/mol. The van der Waals surface area contributed by atoms with Crippen LogP contribution in [0.25, 0.3) is 11.3 Å². The Balaban J connectivity index is 1.32. The van der Waals surface area contributed by atoms with Crippen molar-refractivity contribution >= 4 is 17.7 Å². The Hall–Kier alpha value is -2.52. The Morgan fingerprint density at radius 3 is 2.79 bits per heavy atom. The Morgan fingerprint density at radius 2 is 2.00 bits per heavy atom. The van der Waals surface area contributed by atoms with Gasteiger partial charge in [-0.2, -0.15) is 0 Å². The summed E-state index contributed by atoms with van der Waals surface area (Å²) in [6, 6.07) is 9.79. The lowest BCUT2D eigenvalue weighted by molar-refractivity contribution is 0.0951. The Kier molecular flexibility index (Phi) is 6.87. The molecule has 8 nitrogen and oxygen atoms in total. The molecule has 2 saturated heterocycles. The average molecular weight is 470 g/mol. The standard InChI is InChI=1S/C24H31N5O3S/c1-17-9-11-28(12-10-17)23-25-26-24(29(23)15-18-6-5-13-31-18)33-16-19-14-21(27-32-19)20-7-3-4-8-22(20)30-2/h3-4,7-8,14,17-18H,5-6,9-13,15-16H2,1-2H3/t18-/m1/s1. The van der Waals surface area contributed by atoms with Gasteiger partial charge in [0, 0.05) is 31.3 Å². The number of methoxy groups -OCH3 is 1. The van der Waals surface area contributed by atoms with E-state index in [1.807, 2.05) is 30.3 Å².